The normalized spacial score (nSPS) is 26.3. The van der Waals surface area contributed by atoms with Crippen LogP contribution in [0.3, 0.4) is 0 Å². The molecule has 0 saturated carbocycles. The number of benzene rings is 3. The van der Waals surface area contributed by atoms with Crippen molar-refractivity contribution in [1.82, 2.24) is 0 Å². The van der Waals surface area contributed by atoms with Crippen LogP contribution in [0.15, 0.2) is 66.7 Å². The van der Waals surface area contributed by atoms with E-state index >= 15 is 0 Å². The van der Waals surface area contributed by atoms with Gasteiger partial charge in [-0.15, -0.1) is 0 Å². The molecule has 7 rings (SSSR count). The third-order valence-electron chi connectivity index (χ3n) is 6.82. The van der Waals surface area contributed by atoms with E-state index in [0.29, 0.717) is 5.69 Å². The lowest BCUT2D eigenvalue weighted by Gasteiger charge is -2.45. The molecule has 29 heavy (non-hydrogen) atoms. The predicted molar refractivity (Wildman–Crippen MR) is 109 cm³/mol. The van der Waals surface area contributed by atoms with Gasteiger partial charge in [-0.3, -0.25) is 9.59 Å². The average Bonchev–Trinajstić information content (AvgIpc) is 3.01. The van der Waals surface area contributed by atoms with Crippen molar-refractivity contribution in [1.29, 1.82) is 0 Å². The lowest BCUT2D eigenvalue weighted by atomic mass is 9.55. The van der Waals surface area contributed by atoms with Gasteiger partial charge in [0.25, 0.3) is 0 Å². The summed E-state index contributed by atoms with van der Waals surface area (Å²) in [4.78, 5) is 28.5. The number of amides is 2. The van der Waals surface area contributed by atoms with Gasteiger partial charge < -0.3 is 5.11 Å². The number of nitrogens with zero attached hydrogens (tertiary/aromatic N) is 1. The molecule has 3 aliphatic carbocycles. The summed E-state index contributed by atoms with van der Waals surface area (Å²) in [6, 6.07) is 21.4. The molecular formula is C25H19NO3. The average molecular weight is 381 g/mol. The topological polar surface area (TPSA) is 57.6 Å². The molecule has 0 spiro atoms. The van der Waals surface area contributed by atoms with Gasteiger partial charge in [0, 0.05) is 11.8 Å². The minimum Gasteiger partial charge on any atom is -0.506 e. The molecule has 0 aromatic heterocycles. The third-order valence-corrected chi connectivity index (χ3v) is 6.82. The minimum atomic E-state index is -0.433. The molecule has 3 aromatic rings. The third kappa shape index (κ3) is 1.98. The number of anilines is 1. The van der Waals surface area contributed by atoms with Gasteiger partial charge in [-0.2, -0.15) is 0 Å². The summed E-state index contributed by atoms with van der Waals surface area (Å²) in [5.41, 5.74) is 5.77. The maximum atomic E-state index is 13.6. The fourth-order valence-electron chi connectivity index (χ4n) is 5.73. The van der Waals surface area contributed by atoms with Gasteiger partial charge in [0.15, 0.2) is 0 Å². The molecule has 1 heterocycles. The standard InChI is InChI=1S/C25H19NO3/c1-13-10-11-19(27)18(12-13)26-24(28)22-20-14-6-2-3-7-15(14)21(23(22)25(26)29)17-9-5-4-8-16(17)20/h2-12,20-23,27H,1H3/t20?,21?,22-,23-/m0/s1. The second-order valence-electron chi connectivity index (χ2n) is 8.27. The van der Waals surface area contributed by atoms with Crippen LogP contribution in [-0.2, 0) is 9.59 Å². The number of aryl methyl sites for hydroxylation is 1. The summed E-state index contributed by atoms with van der Waals surface area (Å²) in [6.07, 6.45) is 0. The van der Waals surface area contributed by atoms with Gasteiger partial charge in [0.05, 0.1) is 17.5 Å². The Labute approximate surface area is 168 Å². The maximum Gasteiger partial charge on any atom is 0.238 e. The van der Waals surface area contributed by atoms with Crippen molar-refractivity contribution in [3.8, 4) is 5.75 Å². The summed E-state index contributed by atoms with van der Waals surface area (Å²) >= 11 is 0. The van der Waals surface area contributed by atoms with Gasteiger partial charge in [0.2, 0.25) is 11.8 Å². The van der Waals surface area contributed by atoms with E-state index in [1.807, 2.05) is 31.2 Å². The molecule has 2 amide bonds. The number of hydrogen-bond acceptors (Lipinski definition) is 3. The zero-order chi connectivity index (χ0) is 19.9. The van der Waals surface area contributed by atoms with E-state index in [4.69, 9.17) is 0 Å². The number of aromatic hydroxyl groups is 1. The fourth-order valence-corrected chi connectivity index (χ4v) is 5.73. The number of imide groups is 1. The Morgan fingerprint density at radius 3 is 1.62 bits per heavy atom. The van der Waals surface area contributed by atoms with Gasteiger partial charge >= 0.3 is 0 Å². The Morgan fingerprint density at radius 2 is 1.17 bits per heavy atom. The van der Waals surface area contributed by atoms with Gasteiger partial charge in [-0.25, -0.2) is 4.90 Å². The first-order chi connectivity index (χ1) is 14.1. The van der Waals surface area contributed by atoms with Gasteiger partial charge in [-0.05, 0) is 46.9 Å². The van der Waals surface area contributed by atoms with Crippen molar-refractivity contribution in [3.05, 3.63) is 94.5 Å². The molecule has 142 valence electrons. The molecule has 1 aliphatic heterocycles. The molecule has 2 atom stereocenters. The van der Waals surface area contributed by atoms with Crippen LogP contribution in [0.4, 0.5) is 5.69 Å². The van der Waals surface area contributed by atoms with Crippen molar-refractivity contribution in [3.63, 3.8) is 0 Å². The Balaban J connectivity index is 1.58. The van der Waals surface area contributed by atoms with E-state index in [1.54, 1.807) is 18.2 Å². The van der Waals surface area contributed by atoms with Crippen LogP contribution in [-0.4, -0.2) is 16.9 Å². The SMILES string of the molecule is Cc1ccc(O)c(N2C(=O)[C@H]3C4c5ccccc5C(c5ccccc54)[C@@H]3C2=O)c1. The Hall–Kier alpha value is -3.40. The molecule has 3 aromatic carbocycles. The first-order valence-electron chi connectivity index (χ1n) is 9.93. The second-order valence-corrected chi connectivity index (χ2v) is 8.27. The Bertz CT molecular complexity index is 1100. The van der Waals surface area contributed by atoms with Crippen LogP contribution in [0.2, 0.25) is 0 Å². The fraction of sp³-hybridized carbons (Fsp3) is 0.200. The van der Waals surface area contributed by atoms with E-state index in [9.17, 15) is 14.7 Å². The highest BCUT2D eigenvalue weighted by Gasteiger charge is 2.62. The predicted octanol–water partition coefficient (Wildman–Crippen LogP) is 4.10. The zero-order valence-electron chi connectivity index (χ0n) is 15.9. The number of phenols is 1. The summed E-state index contributed by atoms with van der Waals surface area (Å²) in [7, 11) is 0. The van der Waals surface area contributed by atoms with Crippen molar-refractivity contribution in [2.75, 3.05) is 4.90 Å². The smallest absolute Gasteiger partial charge is 0.238 e. The highest BCUT2D eigenvalue weighted by atomic mass is 16.3. The van der Waals surface area contributed by atoms with E-state index in [-0.39, 0.29) is 29.4 Å². The van der Waals surface area contributed by atoms with Crippen LogP contribution in [0.5, 0.6) is 5.75 Å². The highest BCUT2D eigenvalue weighted by Crippen LogP contribution is 2.61. The quantitative estimate of drug-likeness (QED) is 0.646. The van der Waals surface area contributed by atoms with E-state index in [1.165, 1.54) is 4.90 Å². The summed E-state index contributed by atoms with van der Waals surface area (Å²) in [5.74, 6) is -1.59. The van der Waals surface area contributed by atoms with E-state index < -0.39 is 11.8 Å². The van der Waals surface area contributed by atoms with Gasteiger partial charge in [-0.1, -0.05) is 54.6 Å². The van der Waals surface area contributed by atoms with Gasteiger partial charge in [0.1, 0.15) is 5.75 Å². The van der Waals surface area contributed by atoms with Crippen molar-refractivity contribution in [2.45, 2.75) is 18.8 Å². The molecular weight excluding hydrogens is 362 g/mol. The number of phenolic OH excluding ortho intramolecular Hbond substituents is 1. The molecule has 4 heteroatoms. The zero-order valence-corrected chi connectivity index (χ0v) is 15.9. The number of hydrogen-bond donors (Lipinski definition) is 1. The van der Waals surface area contributed by atoms with Crippen LogP contribution in [0.1, 0.15) is 39.7 Å². The lowest BCUT2D eigenvalue weighted by molar-refractivity contribution is -0.122. The summed E-state index contributed by atoms with van der Waals surface area (Å²) < 4.78 is 0. The minimum absolute atomic E-state index is 0.0432. The monoisotopic (exact) mass is 381 g/mol. The Kier molecular flexibility index (Phi) is 3.18. The highest BCUT2D eigenvalue weighted by molar-refractivity contribution is 6.24. The lowest BCUT2D eigenvalue weighted by Crippen LogP contribution is -2.41. The van der Waals surface area contributed by atoms with E-state index in [0.717, 1.165) is 27.8 Å². The van der Waals surface area contributed by atoms with Crippen molar-refractivity contribution >= 4 is 17.5 Å². The van der Waals surface area contributed by atoms with Crippen molar-refractivity contribution in [2.24, 2.45) is 11.8 Å². The molecule has 2 bridgehead atoms. The molecule has 4 aliphatic rings. The molecule has 0 unspecified atom stereocenters. The van der Waals surface area contributed by atoms with E-state index in [2.05, 4.69) is 24.3 Å². The van der Waals surface area contributed by atoms with Crippen molar-refractivity contribution < 1.29 is 14.7 Å². The van der Waals surface area contributed by atoms with Crippen LogP contribution in [0, 0.1) is 18.8 Å². The number of rotatable bonds is 1. The molecule has 1 N–H and O–H groups in total. The molecule has 1 saturated heterocycles. The van der Waals surface area contributed by atoms with Crippen LogP contribution < -0.4 is 4.90 Å². The molecule has 1 fully saturated rings. The second kappa shape index (κ2) is 5.57. The van der Waals surface area contributed by atoms with Crippen LogP contribution >= 0.6 is 0 Å². The first kappa shape index (κ1) is 16.5. The number of carbonyl (C=O) groups excluding carboxylic acids is 2. The van der Waals surface area contributed by atoms with Crippen LogP contribution in [0.25, 0.3) is 0 Å². The maximum absolute atomic E-state index is 13.6. The summed E-state index contributed by atoms with van der Waals surface area (Å²) in [6.45, 7) is 1.89. The number of carbonyl (C=O) groups is 2. The largest absolute Gasteiger partial charge is 0.506 e. The first-order valence-corrected chi connectivity index (χ1v) is 9.93. The Morgan fingerprint density at radius 1 is 0.724 bits per heavy atom. The molecule has 0 radical (unpaired) electrons. The summed E-state index contributed by atoms with van der Waals surface area (Å²) in [5, 5.41) is 10.4. The molecule has 4 nitrogen and oxygen atoms in total.